The highest BCUT2D eigenvalue weighted by atomic mass is 16.6. The average molecular weight is 254 g/mol. The molecule has 0 N–H and O–H groups in total. The molecular weight excluding hydrogens is 228 g/mol. The molecule has 0 aromatic carbocycles. The summed E-state index contributed by atoms with van der Waals surface area (Å²) in [5.41, 5.74) is 0.0983. The van der Waals surface area contributed by atoms with Gasteiger partial charge in [0.25, 0.3) is 0 Å². The van der Waals surface area contributed by atoms with Crippen molar-refractivity contribution < 1.29 is 14.3 Å². The van der Waals surface area contributed by atoms with E-state index >= 15 is 0 Å². The summed E-state index contributed by atoms with van der Waals surface area (Å²) in [6.07, 6.45) is 5.40. The van der Waals surface area contributed by atoms with Crippen LogP contribution in [0.2, 0.25) is 0 Å². The lowest BCUT2D eigenvalue weighted by molar-refractivity contribution is -0.172. The Morgan fingerprint density at radius 1 is 1.22 bits per heavy atom. The Hall–Kier alpha value is -0.830. The van der Waals surface area contributed by atoms with E-state index < -0.39 is 0 Å². The minimum Gasteiger partial charge on any atom is -0.455 e. The van der Waals surface area contributed by atoms with Gasteiger partial charge in [0.05, 0.1) is 6.10 Å². The fraction of sp³-hybridized carbons (Fsp3) is 0.800. The highest BCUT2D eigenvalue weighted by molar-refractivity contribution is 5.87. The van der Waals surface area contributed by atoms with Crippen LogP contribution in [0.15, 0.2) is 12.2 Å². The van der Waals surface area contributed by atoms with Crippen LogP contribution >= 0.6 is 0 Å². The summed E-state index contributed by atoms with van der Waals surface area (Å²) in [5, 5.41) is 0. The summed E-state index contributed by atoms with van der Waals surface area (Å²) in [6.45, 7) is 9.52. The van der Waals surface area contributed by atoms with E-state index in [1.807, 2.05) is 6.92 Å². The smallest absolute Gasteiger partial charge is 0.333 e. The standard InChI is InChI=1S/C15H26O3/c1-11(2)14(16)18-15(9-7-6-8-10-15)12(3)13(4)17-5/h12-13H,1,6-10H2,2-5H3. The summed E-state index contributed by atoms with van der Waals surface area (Å²) < 4.78 is 11.2. The Kier molecular flexibility index (Phi) is 5.39. The van der Waals surface area contributed by atoms with Crippen molar-refractivity contribution in [3.63, 3.8) is 0 Å². The van der Waals surface area contributed by atoms with Crippen LogP contribution in [0.1, 0.15) is 52.9 Å². The van der Waals surface area contributed by atoms with Gasteiger partial charge in [-0.2, -0.15) is 0 Å². The van der Waals surface area contributed by atoms with E-state index in [1.165, 1.54) is 6.42 Å². The fourth-order valence-electron chi connectivity index (χ4n) is 2.70. The quantitative estimate of drug-likeness (QED) is 0.556. The first-order valence-electron chi connectivity index (χ1n) is 6.84. The third-order valence-electron chi connectivity index (χ3n) is 4.25. The molecule has 0 heterocycles. The molecule has 0 bridgehead atoms. The van der Waals surface area contributed by atoms with Gasteiger partial charge in [-0.3, -0.25) is 0 Å². The molecule has 2 unspecified atom stereocenters. The number of esters is 1. The predicted octanol–water partition coefficient (Wildman–Crippen LogP) is 3.48. The highest BCUT2D eigenvalue weighted by Crippen LogP contribution is 2.40. The molecule has 0 saturated heterocycles. The molecule has 2 atom stereocenters. The van der Waals surface area contributed by atoms with E-state index in [0.717, 1.165) is 25.7 Å². The van der Waals surface area contributed by atoms with Crippen LogP contribution < -0.4 is 0 Å². The van der Waals surface area contributed by atoms with Gasteiger partial charge < -0.3 is 9.47 Å². The summed E-state index contributed by atoms with van der Waals surface area (Å²) >= 11 is 0. The molecule has 18 heavy (non-hydrogen) atoms. The van der Waals surface area contributed by atoms with Gasteiger partial charge >= 0.3 is 5.97 Å². The molecule has 104 valence electrons. The lowest BCUT2D eigenvalue weighted by Gasteiger charge is -2.43. The van der Waals surface area contributed by atoms with Gasteiger partial charge in [0.1, 0.15) is 5.60 Å². The molecule has 1 aliphatic carbocycles. The molecule has 1 saturated carbocycles. The molecule has 0 amide bonds. The molecule has 3 heteroatoms. The monoisotopic (exact) mass is 254 g/mol. The molecular formula is C15H26O3. The van der Waals surface area contributed by atoms with Crippen LogP contribution in [0.5, 0.6) is 0 Å². The second-order valence-corrected chi connectivity index (χ2v) is 5.52. The molecule has 0 aliphatic heterocycles. The summed E-state index contributed by atoms with van der Waals surface area (Å²) in [5.74, 6) is -0.0712. The van der Waals surface area contributed by atoms with Crippen molar-refractivity contribution in [2.24, 2.45) is 5.92 Å². The van der Waals surface area contributed by atoms with Gasteiger partial charge in [0.2, 0.25) is 0 Å². The van der Waals surface area contributed by atoms with E-state index in [-0.39, 0.29) is 23.6 Å². The fourth-order valence-corrected chi connectivity index (χ4v) is 2.70. The van der Waals surface area contributed by atoms with Crippen molar-refractivity contribution in [2.45, 2.75) is 64.6 Å². The van der Waals surface area contributed by atoms with E-state index in [0.29, 0.717) is 5.57 Å². The maximum atomic E-state index is 11.9. The van der Waals surface area contributed by atoms with Gasteiger partial charge in [-0.15, -0.1) is 0 Å². The minimum absolute atomic E-state index is 0.0843. The summed E-state index contributed by atoms with van der Waals surface area (Å²) in [4.78, 5) is 11.9. The minimum atomic E-state index is -0.371. The summed E-state index contributed by atoms with van der Waals surface area (Å²) in [7, 11) is 1.71. The number of carbonyl (C=O) groups is 1. The van der Waals surface area contributed by atoms with Gasteiger partial charge in [-0.1, -0.05) is 19.9 Å². The zero-order valence-corrected chi connectivity index (χ0v) is 12.1. The lowest BCUT2D eigenvalue weighted by atomic mass is 9.74. The highest BCUT2D eigenvalue weighted by Gasteiger charge is 2.43. The maximum Gasteiger partial charge on any atom is 0.333 e. The van der Waals surface area contributed by atoms with Gasteiger partial charge in [-0.25, -0.2) is 4.79 Å². The number of methoxy groups -OCH3 is 1. The Labute approximate surface area is 111 Å². The third kappa shape index (κ3) is 3.35. The van der Waals surface area contributed by atoms with Crippen molar-refractivity contribution in [3.8, 4) is 0 Å². The van der Waals surface area contributed by atoms with Crippen molar-refractivity contribution >= 4 is 5.97 Å². The van der Waals surface area contributed by atoms with Crippen molar-refractivity contribution in [1.29, 1.82) is 0 Å². The first-order valence-corrected chi connectivity index (χ1v) is 6.84. The predicted molar refractivity (Wildman–Crippen MR) is 72.4 cm³/mol. The molecule has 3 nitrogen and oxygen atoms in total. The molecule has 1 aliphatic rings. The van der Waals surface area contributed by atoms with Crippen molar-refractivity contribution in [3.05, 3.63) is 12.2 Å². The first-order chi connectivity index (χ1) is 8.43. The van der Waals surface area contributed by atoms with Crippen LogP contribution in [0.25, 0.3) is 0 Å². The molecule has 0 radical (unpaired) electrons. The molecule has 0 spiro atoms. The normalized spacial score (nSPS) is 22.0. The number of hydrogen-bond acceptors (Lipinski definition) is 3. The molecule has 1 rings (SSSR count). The number of rotatable bonds is 5. The average Bonchev–Trinajstić information content (AvgIpc) is 2.37. The number of hydrogen-bond donors (Lipinski definition) is 0. The molecule has 0 aromatic rings. The lowest BCUT2D eigenvalue weighted by Crippen LogP contribution is -2.47. The third-order valence-corrected chi connectivity index (χ3v) is 4.25. The van der Waals surface area contributed by atoms with Crippen LogP contribution in [0.3, 0.4) is 0 Å². The van der Waals surface area contributed by atoms with Crippen molar-refractivity contribution in [2.75, 3.05) is 7.11 Å². The Bertz CT molecular complexity index is 303. The van der Waals surface area contributed by atoms with Crippen molar-refractivity contribution in [1.82, 2.24) is 0 Å². The van der Waals surface area contributed by atoms with E-state index in [2.05, 4.69) is 13.5 Å². The number of carbonyl (C=O) groups excluding carboxylic acids is 1. The largest absolute Gasteiger partial charge is 0.455 e. The number of ether oxygens (including phenoxy) is 2. The summed E-state index contributed by atoms with van der Waals surface area (Å²) in [6, 6.07) is 0. The second kappa shape index (κ2) is 6.37. The van der Waals surface area contributed by atoms with Crippen LogP contribution in [0.4, 0.5) is 0 Å². The van der Waals surface area contributed by atoms with Gasteiger partial charge in [-0.05, 0) is 39.5 Å². The van der Waals surface area contributed by atoms with Crippen LogP contribution in [-0.4, -0.2) is 24.8 Å². The zero-order valence-electron chi connectivity index (χ0n) is 12.1. The van der Waals surface area contributed by atoms with E-state index in [4.69, 9.17) is 9.47 Å². The maximum absolute atomic E-state index is 11.9. The Morgan fingerprint density at radius 2 is 1.78 bits per heavy atom. The second-order valence-electron chi connectivity index (χ2n) is 5.52. The van der Waals surface area contributed by atoms with E-state index in [1.54, 1.807) is 14.0 Å². The van der Waals surface area contributed by atoms with Crippen LogP contribution in [-0.2, 0) is 14.3 Å². The Morgan fingerprint density at radius 3 is 2.22 bits per heavy atom. The topological polar surface area (TPSA) is 35.5 Å². The van der Waals surface area contributed by atoms with Gasteiger partial charge in [0, 0.05) is 18.6 Å². The van der Waals surface area contributed by atoms with Gasteiger partial charge in [0.15, 0.2) is 0 Å². The van der Waals surface area contributed by atoms with Crippen LogP contribution in [0, 0.1) is 5.92 Å². The van der Waals surface area contributed by atoms with E-state index in [9.17, 15) is 4.79 Å². The zero-order chi connectivity index (χ0) is 13.8. The first kappa shape index (κ1) is 15.2. The SMILES string of the molecule is C=C(C)C(=O)OC1(C(C)C(C)OC)CCCCC1. The molecule has 0 aromatic heterocycles. The molecule has 1 fully saturated rings. The Balaban J connectivity index is 2.87.